The summed E-state index contributed by atoms with van der Waals surface area (Å²) in [5.74, 6) is 0.794. The SMILES string of the molecule is F[B-](F)(F)F.F[B-](F)(F)F.O.O.Oc1ccccc1/C=N/n1cnnc1.Oc1ccccc1/C=N/n1cnnc1.Oc1ccccc1/C=N/n1cnnc1.Oc1ccccc1/C=N/n1cnnc1.[Ag+].[Ag+]. The molecule has 70 heavy (non-hydrogen) atoms. The van der Waals surface area contributed by atoms with Crippen LogP contribution in [0.3, 0.4) is 0 Å². The fraction of sp³-hybridized carbons (Fsp3) is 0. The third-order valence-electron chi connectivity index (χ3n) is 6.69. The van der Waals surface area contributed by atoms with Gasteiger partial charge in [-0.05, 0) is 48.5 Å². The number of hydrogen-bond donors (Lipinski definition) is 4. The van der Waals surface area contributed by atoms with Gasteiger partial charge in [-0.2, -0.15) is 20.4 Å². The Labute approximate surface area is 421 Å². The molecule has 0 radical (unpaired) electrons. The first-order chi connectivity index (χ1) is 31.4. The van der Waals surface area contributed by atoms with Crippen LogP contribution in [0.2, 0.25) is 0 Å². The zero-order chi connectivity index (χ0) is 48.2. The minimum Gasteiger partial charge on any atom is -0.507 e. The van der Waals surface area contributed by atoms with Crippen LogP contribution in [0.5, 0.6) is 23.0 Å². The largest absolute Gasteiger partial charge is 1.00 e. The molecule has 0 atom stereocenters. The molecule has 8 rings (SSSR count). The quantitative estimate of drug-likeness (QED) is 0.0935. The van der Waals surface area contributed by atoms with Gasteiger partial charge in [-0.1, -0.05) is 48.5 Å². The fourth-order valence-corrected chi connectivity index (χ4v) is 3.92. The van der Waals surface area contributed by atoms with E-state index in [0.717, 1.165) is 0 Å². The number of rotatable bonds is 8. The van der Waals surface area contributed by atoms with Crippen LogP contribution in [0, 0.1) is 0 Å². The predicted molar refractivity (Wildman–Crippen MR) is 232 cm³/mol. The maximum atomic E-state index is 9.75. The van der Waals surface area contributed by atoms with Crippen LogP contribution >= 0.6 is 0 Å². The van der Waals surface area contributed by atoms with Crippen molar-refractivity contribution in [1.82, 2.24) is 59.5 Å². The van der Waals surface area contributed by atoms with Gasteiger partial charge in [0, 0.05) is 22.3 Å². The minimum absolute atomic E-state index is 0. The van der Waals surface area contributed by atoms with E-state index in [1.54, 1.807) is 97.7 Å². The molecule has 0 fully saturated rings. The summed E-state index contributed by atoms with van der Waals surface area (Å²) in [5.41, 5.74) is 2.62. The van der Waals surface area contributed by atoms with Gasteiger partial charge in [0.1, 0.15) is 73.6 Å². The van der Waals surface area contributed by atoms with Crippen LogP contribution < -0.4 is 0 Å². The van der Waals surface area contributed by atoms with Crippen LogP contribution in [-0.4, -0.2) is 130 Å². The molecule has 8 N–H and O–H groups in total. The van der Waals surface area contributed by atoms with Gasteiger partial charge in [-0.15, -0.1) is 40.8 Å². The average molecular weight is 1180 g/mol. The summed E-state index contributed by atoms with van der Waals surface area (Å²) >= 11 is 0. The molecule has 4 aromatic carbocycles. The van der Waals surface area contributed by atoms with Crippen molar-refractivity contribution in [3.8, 4) is 23.0 Å². The molecule has 0 aliphatic carbocycles. The molecule has 380 valence electrons. The van der Waals surface area contributed by atoms with Crippen LogP contribution in [-0.2, 0) is 44.8 Å². The summed E-state index contributed by atoms with van der Waals surface area (Å²) in [4.78, 5) is 0. The van der Waals surface area contributed by atoms with Crippen molar-refractivity contribution in [1.29, 1.82) is 0 Å². The van der Waals surface area contributed by atoms with Gasteiger partial charge >= 0.3 is 59.3 Å². The molecular formula is C36H36Ag2B2F8N16O6. The standard InChI is InChI=1S/4C9H8N4O.2Ag.2BF4.2H2O/c4*14-9-4-2-1-3-8(9)5-12-13-6-10-11-7-13;;;2*2-1(3,4)5;;/h4*1-7,14H;;;;;2*1H2/q;;;;2*+1;2*-1;;/b4*12-5+;;;;;;. The minimum atomic E-state index is -6.00. The first-order valence-electron chi connectivity index (χ1n) is 17.9. The van der Waals surface area contributed by atoms with Crippen molar-refractivity contribution >= 4 is 39.4 Å². The zero-order valence-electron chi connectivity index (χ0n) is 34.9. The third kappa shape index (κ3) is 29.8. The van der Waals surface area contributed by atoms with Crippen LogP contribution in [0.15, 0.2) is 168 Å². The van der Waals surface area contributed by atoms with E-state index in [2.05, 4.69) is 61.2 Å². The van der Waals surface area contributed by atoms with Gasteiger partial charge in [0.2, 0.25) is 0 Å². The number of nitrogens with zero attached hydrogens (tertiary/aromatic N) is 16. The molecule has 0 saturated carbocycles. The van der Waals surface area contributed by atoms with Crippen molar-refractivity contribution in [2.24, 2.45) is 20.4 Å². The van der Waals surface area contributed by atoms with Gasteiger partial charge in [-0.25, -0.2) is 18.7 Å². The topological polar surface area (TPSA) is 316 Å². The van der Waals surface area contributed by atoms with Crippen molar-refractivity contribution in [3.63, 3.8) is 0 Å². The van der Waals surface area contributed by atoms with E-state index in [4.69, 9.17) is 0 Å². The first-order valence-corrected chi connectivity index (χ1v) is 17.9. The number of phenolic OH excluding ortho intramolecular Hbond substituents is 4. The van der Waals surface area contributed by atoms with Gasteiger partial charge < -0.3 is 65.9 Å². The number of halogens is 8. The zero-order valence-corrected chi connectivity index (χ0v) is 37.9. The first kappa shape index (κ1) is 64.4. The molecule has 0 aliphatic rings. The molecule has 0 bridgehead atoms. The number of phenols is 4. The van der Waals surface area contributed by atoms with E-state index in [1.807, 2.05) is 24.3 Å². The molecule has 0 spiro atoms. The van der Waals surface area contributed by atoms with E-state index in [-0.39, 0.29) is 78.7 Å². The molecule has 4 heterocycles. The number of hydrogen-bond acceptors (Lipinski definition) is 16. The van der Waals surface area contributed by atoms with Gasteiger partial charge in [0.05, 0.1) is 24.9 Å². The second-order valence-electron chi connectivity index (χ2n) is 11.6. The van der Waals surface area contributed by atoms with Gasteiger partial charge in [0.25, 0.3) is 0 Å². The molecule has 0 amide bonds. The average Bonchev–Trinajstić information content (AvgIpc) is 4.13. The fourth-order valence-electron chi connectivity index (χ4n) is 3.92. The summed E-state index contributed by atoms with van der Waals surface area (Å²) in [7, 11) is -12.0. The molecule has 4 aromatic heterocycles. The smallest absolute Gasteiger partial charge is 0.507 e. The third-order valence-corrected chi connectivity index (χ3v) is 6.69. The van der Waals surface area contributed by atoms with E-state index in [1.165, 1.54) is 69.3 Å². The second kappa shape index (κ2) is 34.6. The monoisotopic (exact) mass is 1180 g/mol. The van der Waals surface area contributed by atoms with E-state index >= 15 is 0 Å². The van der Waals surface area contributed by atoms with Gasteiger partial charge in [0.15, 0.2) is 0 Å². The maximum absolute atomic E-state index is 9.75. The Bertz CT molecular complexity index is 2330. The number of aromatic nitrogens is 12. The molecule has 34 heteroatoms. The second-order valence-corrected chi connectivity index (χ2v) is 11.6. The van der Waals surface area contributed by atoms with Crippen LogP contribution in [0.1, 0.15) is 22.3 Å². The molecule has 8 aromatic rings. The summed E-state index contributed by atoms with van der Waals surface area (Å²) < 4.78 is 83.8. The summed E-state index contributed by atoms with van der Waals surface area (Å²) in [6.45, 7) is 0. The van der Waals surface area contributed by atoms with E-state index in [9.17, 15) is 55.0 Å². The Hall–Kier alpha value is -7.71. The predicted octanol–water partition coefficient (Wildman–Crippen LogP) is 4.41. The molecule has 0 unspecified atom stereocenters. The van der Waals surface area contributed by atoms with Crippen molar-refractivity contribution < 1.29 is 111 Å². The molecular weight excluding hydrogens is 1140 g/mol. The molecule has 0 aliphatic heterocycles. The van der Waals surface area contributed by atoms with Crippen molar-refractivity contribution in [2.75, 3.05) is 0 Å². The molecule has 22 nitrogen and oxygen atoms in total. The number of para-hydroxylation sites is 4. The van der Waals surface area contributed by atoms with E-state index < -0.39 is 14.5 Å². The Balaban J connectivity index is 0. The van der Waals surface area contributed by atoms with Gasteiger partial charge in [-0.3, -0.25) is 0 Å². The Kier molecular flexibility index (Phi) is 31.8. The van der Waals surface area contributed by atoms with E-state index in [0.29, 0.717) is 22.3 Å². The van der Waals surface area contributed by atoms with Crippen molar-refractivity contribution in [3.05, 3.63) is 170 Å². The Morgan fingerprint density at radius 1 is 0.329 bits per heavy atom. The van der Waals surface area contributed by atoms with Crippen LogP contribution in [0.4, 0.5) is 34.5 Å². The Morgan fingerprint density at radius 3 is 0.614 bits per heavy atom. The Morgan fingerprint density at radius 2 is 0.471 bits per heavy atom. The summed E-state index contributed by atoms with van der Waals surface area (Å²) in [6, 6.07) is 27.8. The maximum Gasteiger partial charge on any atom is 1.00 e. The van der Waals surface area contributed by atoms with Crippen molar-refractivity contribution in [2.45, 2.75) is 0 Å². The normalized spacial score (nSPS) is 10.4. The number of aromatic hydroxyl groups is 4. The summed E-state index contributed by atoms with van der Waals surface area (Å²) in [5, 5.41) is 82.4. The summed E-state index contributed by atoms with van der Waals surface area (Å²) in [6.07, 6.45) is 17.9. The van der Waals surface area contributed by atoms with Crippen LogP contribution in [0.25, 0.3) is 0 Å². The molecule has 0 saturated heterocycles. The number of benzene rings is 4.